The number of rotatable bonds is 9. The maximum atomic E-state index is 5.98. The molecule has 7 heteroatoms. The number of anilines is 2. The van der Waals surface area contributed by atoms with E-state index in [1.165, 1.54) is 6.20 Å². The van der Waals surface area contributed by atoms with Gasteiger partial charge in [-0.1, -0.05) is 61.9 Å². The summed E-state index contributed by atoms with van der Waals surface area (Å²) in [5.41, 5.74) is 1.68. The number of allylic oxidation sites excluding steroid dienone is 2. The van der Waals surface area contributed by atoms with Gasteiger partial charge in [0.2, 0.25) is 11.9 Å². The van der Waals surface area contributed by atoms with E-state index >= 15 is 0 Å². The summed E-state index contributed by atoms with van der Waals surface area (Å²) in [6.45, 7) is 8.33. The average Bonchev–Trinajstić information content (AvgIpc) is 2.62. The highest BCUT2D eigenvalue weighted by Crippen LogP contribution is 2.18. The van der Waals surface area contributed by atoms with Gasteiger partial charge in [-0.05, 0) is 19.4 Å². The standard InChI is InChI=1S/C19H23ClN6/c1-4-6-12-22-18-24-17(15-10-8-7-9-11-15)25-19(26-18)23-14(3)13-16(20)21-5-2/h5,7-11,13H,2,4,6,12H2,1,3H3,(H2,22,23,24,25,26)/b14-13+,21-16?. The minimum absolute atomic E-state index is 0.323. The fraction of sp³-hybridized carbons (Fsp3) is 0.263. The SMILES string of the molecule is C=CN=C(Cl)/C=C(\C)Nc1nc(NCCCC)nc(-c2ccccc2)n1. The van der Waals surface area contributed by atoms with Crippen LogP contribution in [0.5, 0.6) is 0 Å². The Hall–Kier alpha value is -2.73. The monoisotopic (exact) mass is 370 g/mol. The molecule has 0 unspecified atom stereocenters. The number of aromatic nitrogens is 3. The Morgan fingerprint density at radius 3 is 2.62 bits per heavy atom. The summed E-state index contributed by atoms with van der Waals surface area (Å²) in [5.74, 6) is 1.57. The molecule has 2 aromatic rings. The number of nitrogens with one attached hydrogen (secondary N) is 2. The van der Waals surface area contributed by atoms with Crippen molar-refractivity contribution in [1.29, 1.82) is 0 Å². The molecule has 136 valence electrons. The second kappa shape index (κ2) is 10.3. The Morgan fingerprint density at radius 2 is 1.92 bits per heavy atom. The van der Waals surface area contributed by atoms with Gasteiger partial charge in [0.15, 0.2) is 5.82 Å². The lowest BCUT2D eigenvalue weighted by Crippen LogP contribution is -2.10. The van der Waals surface area contributed by atoms with Crippen LogP contribution in [-0.4, -0.2) is 26.7 Å². The fourth-order valence-electron chi connectivity index (χ4n) is 2.12. The van der Waals surface area contributed by atoms with Crippen molar-refractivity contribution in [2.24, 2.45) is 4.99 Å². The molecule has 0 spiro atoms. The normalized spacial score (nSPS) is 12.0. The zero-order valence-corrected chi connectivity index (χ0v) is 15.8. The summed E-state index contributed by atoms with van der Waals surface area (Å²) in [5, 5.41) is 6.70. The molecule has 6 nitrogen and oxygen atoms in total. The molecule has 1 heterocycles. The summed E-state index contributed by atoms with van der Waals surface area (Å²) in [4.78, 5) is 17.4. The molecule has 0 bridgehead atoms. The van der Waals surface area contributed by atoms with Crippen LogP contribution in [0.1, 0.15) is 26.7 Å². The molecular formula is C19H23ClN6. The van der Waals surface area contributed by atoms with Crippen molar-refractivity contribution >= 4 is 28.7 Å². The molecule has 0 aliphatic heterocycles. The Bertz CT molecular complexity index is 786. The molecule has 2 N–H and O–H groups in total. The first-order valence-corrected chi connectivity index (χ1v) is 8.85. The van der Waals surface area contributed by atoms with Crippen molar-refractivity contribution in [3.63, 3.8) is 0 Å². The van der Waals surface area contributed by atoms with Crippen LogP contribution >= 0.6 is 11.6 Å². The molecule has 0 saturated carbocycles. The molecule has 0 aliphatic carbocycles. The number of aliphatic imine (C=N–C) groups is 1. The van der Waals surface area contributed by atoms with E-state index in [-0.39, 0.29) is 0 Å². The fourth-order valence-corrected chi connectivity index (χ4v) is 2.35. The largest absolute Gasteiger partial charge is 0.354 e. The quantitative estimate of drug-likeness (QED) is 0.487. The Morgan fingerprint density at radius 1 is 1.19 bits per heavy atom. The van der Waals surface area contributed by atoms with E-state index in [1.807, 2.05) is 37.3 Å². The molecule has 0 aliphatic rings. The van der Waals surface area contributed by atoms with Gasteiger partial charge in [0.25, 0.3) is 0 Å². The lowest BCUT2D eigenvalue weighted by Gasteiger charge is -2.10. The third kappa shape index (κ3) is 6.29. The second-order valence-corrected chi connectivity index (χ2v) is 5.93. The second-order valence-electron chi connectivity index (χ2n) is 5.54. The van der Waals surface area contributed by atoms with Gasteiger partial charge in [-0.25, -0.2) is 4.99 Å². The van der Waals surface area contributed by atoms with E-state index < -0.39 is 0 Å². The van der Waals surface area contributed by atoms with Crippen LogP contribution in [0.2, 0.25) is 0 Å². The van der Waals surface area contributed by atoms with Gasteiger partial charge in [-0.2, -0.15) is 15.0 Å². The van der Waals surface area contributed by atoms with E-state index in [4.69, 9.17) is 11.6 Å². The van der Waals surface area contributed by atoms with E-state index in [0.717, 1.165) is 30.6 Å². The highest BCUT2D eigenvalue weighted by Gasteiger charge is 2.08. The maximum absolute atomic E-state index is 5.98. The summed E-state index contributed by atoms with van der Waals surface area (Å²) in [6, 6.07) is 9.79. The highest BCUT2D eigenvalue weighted by molar-refractivity contribution is 6.68. The summed E-state index contributed by atoms with van der Waals surface area (Å²) >= 11 is 5.98. The Kier molecular flexibility index (Phi) is 7.76. The van der Waals surface area contributed by atoms with Crippen molar-refractivity contribution in [2.75, 3.05) is 17.2 Å². The van der Waals surface area contributed by atoms with Crippen LogP contribution in [-0.2, 0) is 0 Å². The molecule has 26 heavy (non-hydrogen) atoms. The number of halogens is 1. The lowest BCUT2D eigenvalue weighted by atomic mass is 10.2. The number of nitrogens with zero attached hydrogens (tertiary/aromatic N) is 4. The topological polar surface area (TPSA) is 75.1 Å². The molecule has 0 fully saturated rings. The summed E-state index contributed by atoms with van der Waals surface area (Å²) in [6.07, 6.45) is 5.21. The molecule has 0 radical (unpaired) electrons. The van der Waals surface area contributed by atoms with Gasteiger partial charge in [0.1, 0.15) is 5.17 Å². The van der Waals surface area contributed by atoms with Crippen molar-refractivity contribution < 1.29 is 0 Å². The van der Waals surface area contributed by atoms with Crippen LogP contribution in [0, 0.1) is 0 Å². The third-order valence-corrected chi connectivity index (χ3v) is 3.55. The van der Waals surface area contributed by atoms with Gasteiger partial charge in [0, 0.05) is 24.0 Å². The number of unbranched alkanes of at least 4 members (excludes halogenated alkanes) is 1. The van der Waals surface area contributed by atoms with E-state index in [1.54, 1.807) is 6.08 Å². The molecule has 2 rings (SSSR count). The first-order valence-electron chi connectivity index (χ1n) is 8.47. The van der Waals surface area contributed by atoms with Gasteiger partial charge in [0.05, 0.1) is 0 Å². The van der Waals surface area contributed by atoms with Gasteiger partial charge in [-0.3, -0.25) is 0 Å². The number of hydrogen-bond acceptors (Lipinski definition) is 6. The summed E-state index contributed by atoms with van der Waals surface area (Å²) < 4.78 is 0. The number of benzene rings is 1. The smallest absolute Gasteiger partial charge is 0.232 e. The van der Waals surface area contributed by atoms with Crippen molar-refractivity contribution in [1.82, 2.24) is 15.0 Å². The highest BCUT2D eigenvalue weighted by atomic mass is 35.5. The third-order valence-electron chi connectivity index (χ3n) is 3.34. The van der Waals surface area contributed by atoms with E-state index in [9.17, 15) is 0 Å². The van der Waals surface area contributed by atoms with Crippen molar-refractivity contribution in [3.05, 3.63) is 54.9 Å². The summed E-state index contributed by atoms with van der Waals surface area (Å²) in [7, 11) is 0. The maximum Gasteiger partial charge on any atom is 0.232 e. The molecule has 1 aromatic heterocycles. The van der Waals surface area contributed by atoms with Gasteiger partial charge in [-0.15, -0.1) is 0 Å². The average molecular weight is 371 g/mol. The predicted octanol–water partition coefficient (Wildman–Crippen LogP) is 4.85. The van der Waals surface area contributed by atoms with E-state index in [0.29, 0.717) is 22.9 Å². The van der Waals surface area contributed by atoms with Crippen LogP contribution in [0.3, 0.4) is 0 Å². The first kappa shape index (κ1) is 19.6. The minimum Gasteiger partial charge on any atom is -0.354 e. The Labute approximate surface area is 159 Å². The van der Waals surface area contributed by atoms with Crippen molar-refractivity contribution in [2.45, 2.75) is 26.7 Å². The van der Waals surface area contributed by atoms with Crippen LogP contribution < -0.4 is 10.6 Å². The van der Waals surface area contributed by atoms with Crippen LogP contribution in [0.15, 0.2) is 59.9 Å². The zero-order valence-electron chi connectivity index (χ0n) is 15.0. The van der Waals surface area contributed by atoms with Crippen LogP contribution in [0.25, 0.3) is 11.4 Å². The van der Waals surface area contributed by atoms with Crippen molar-refractivity contribution in [3.8, 4) is 11.4 Å². The first-order chi connectivity index (χ1) is 12.6. The van der Waals surface area contributed by atoms with E-state index in [2.05, 4.69) is 44.1 Å². The Balaban J connectivity index is 2.30. The molecule has 0 amide bonds. The number of hydrogen-bond donors (Lipinski definition) is 2. The zero-order chi connectivity index (χ0) is 18.8. The lowest BCUT2D eigenvalue weighted by molar-refractivity contribution is 0.825. The van der Waals surface area contributed by atoms with Gasteiger partial charge >= 0.3 is 0 Å². The van der Waals surface area contributed by atoms with Crippen LogP contribution in [0.4, 0.5) is 11.9 Å². The predicted molar refractivity (Wildman–Crippen MR) is 110 cm³/mol. The molecular weight excluding hydrogens is 348 g/mol. The van der Waals surface area contributed by atoms with Gasteiger partial charge < -0.3 is 10.6 Å². The molecule has 0 saturated heterocycles. The molecule has 0 atom stereocenters. The minimum atomic E-state index is 0.323. The molecule has 1 aromatic carbocycles.